The van der Waals surface area contributed by atoms with Crippen molar-refractivity contribution in [2.24, 2.45) is 34.5 Å². The number of carbonyl (C=O) groups is 2. The Morgan fingerprint density at radius 3 is 2.49 bits per heavy atom. The minimum atomic E-state index is -1.04. The lowest BCUT2D eigenvalue weighted by Gasteiger charge is -2.69. The van der Waals surface area contributed by atoms with Gasteiger partial charge in [-0.1, -0.05) is 27.7 Å². The van der Waals surface area contributed by atoms with Crippen LogP contribution in [0.2, 0.25) is 0 Å². The second-order valence-corrected chi connectivity index (χ2v) is 12.2. The summed E-state index contributed by atoms with van der Waals surface area (Å²) in [6.45, 7) is 10.4. The van der Waals surface area contributed by atoms with E-state index >= 15 is 0 Å². The smallest absolute Gasteiger partial charge is 0.310 e. The summed E-state index contributed by atoms with van der Waals surface area (Å²) in [5.74, 6) is -0.768. The van der Waals surface area contributed by atoms with E-state index in [9.17, 15) is 14.7 Å². The summed E-state index contributed by atoms with van der Waals surface area (Å²) in [6.07, 6.45) is -0.339. The molecular formula is C26H38O9. The molecule has 2 aliphatic carbocycles. The van der Waals surface area contributed by atoms with Crippen LogP contribution in [0.1, 0.15) is 60.3 Å². The number of epoxide rings is 1. The fourth-order valence-electron chi connectivity index (χ4n) is 8.34. The Balaban J connectivity index is 1.48. The van der Waals surface area contributed by atoms with Gasteiger partial charge in [0.1, 0.15) is 23.2 Å². The Labute approximate surface area is 206 Å². The predicted molar refractivity (Wildman–Crippen MR) is 120 cm³/mol. The van der Waals surface area contributed by atoms with Gasteiger partial charge in [0, 0.05) is 18.3 Å². The number of hydrogen-bond donors (Lipinski definition) is 1. The highest BCUT2D eigenvalue weighted by Crippen LogP contribution is 2.74. The molecule has 35 heavy (non-hydrogen) atoms. The van der Waals surface area contributed by atoms with E-state index in [0.717, 1.165) is 19.4 Å². The molecule has 0 aromatic heterocycles. The first-order valence-electron chi connectivity index (χ1n) is 13.2. The van der Waals surface area contributed by atoms with Crippen molar-refractivity contribution in [1.82, 2.24) is 0 Å². The first-order valence-corrected chi connectivity index (χ1v) is 13.2. The fourth-order valence-corrected chi connectivity index (χ4v) is 8.34. The number of carbonyl (C=O) groups excluding carboxylic acids is 2. The van der Waals surface area contributed by atoms with E-state index in [-0.39, 0.29) is 41.5 Å². The molecule has 7 aliphatic rings. The van der Waals surface area contributed by atoms with E-state index in [1.807, 2.05) is 0 Å². The van der Waals surface area contributed by atoms with Gasteiger partial charge in [-0.3, -0.25) is 9.59 Å². The maximum Gasteiger partial charge on any atom is 0.310 e. The Bertz CT molecular complexity index is 889. The summed E-state index contributed by atoms with van der Waals surface area (Å²) in [5, 5.41) is 11.4. The zero-order valence-electron chi connectivity index (χ0n) is 21.2. The minimum absolute atomic E-state index is 0.0679. The molecule has 2 bridgehead atoms. The predicted octanol–water partition coefficient (Wildman–Crippen LogP) is 2.18. The third-order valence-corrected chi connectivity index (χ3v) is 10.3. The Morgan fingerprint density at radius 1 is 1.11 bits per heavy atom. The molecule has 12 atom stereocenters. The highest BCUT2D eigenvalue weighted by molar-refractivity contribution is 5.72. The van der Waals surface area contributed by atoms with Gasteiger partial charge in [-0.2, -0.15) is 0 Å². The lowest BCUT2D eigenvalue weighted by atomic mass is 9.40. The van der Waals surface area contributed by atoms with Crippen LogP contribution in [0.3, 0.4) is 0 Å². The van der Waals surface area contributed by atoms with Crippen LogP contribution >= 0.6 is 0 Å². The molecular weight excluding hydrogens is 456 g/mol. The summed E-state index contributed by atoms with van der Waals surface area (Å²) in [6, 6.07) is 0. The van der Waals surface area contributed by atoms with Crippen LogP contribution in [-0.4, -0.2) is 72.9 Å². The molecule has 1 N–H and O–H groups in total. The molecule has 196 valence electrons. The van der Waals surface area contributed by atoms with Gasteiger partial charge in [0.2, 0.25) is 6.29 Å². The van der Waals surface area contributed by atoms with Crippen molar-refractivity contribution in [3.05, 3.63) is 0 Å². The van der Waals surface area contributed by atoms with Gasteiger partial charge >= 0.3 is 11.9 Å². The summed E-state index contributed by atoms with van der Waals surface area (Å²) >= 11 is 0. The van der Waals surface area contributed by atoms with Crippen molar-refractivity contribution >= 4 is 11.9 Å². The van der Waals surface area contributed by atoms with E-state index in [4.69, 9.17) is 28.4 Å². The highest BCUT2D eigenvalue weighted by Gasteiger charge is 2.86. The first-order chi connectivity index (χ1) is 16.6. The zero-order chi connectivity index (χ0) is 24.9. The van der Waals surface area contributed by atoms with E-state index < -0.39 is 41.6 Å². The van der Waals surface area contributed by atoms with Crippen LogP contribution < -0.4 is 0 Å². The summed E-state index contributed by atoms with van der Waals surface area (Å²) in [5.41, 5.74) is -2.39. The summed E-state index contributed by atoms with van der Waals surface area (Å²) in [7, 11) is 0. The first kappa shape index (κ1) is 24.1. The van der Waals surface area contributed by atoms with Crippen molar-refractivity contribution in [2.45, 2.75) is 103 Å². The quantitative estimate of drug-likeness (QED) is 0.464. The second kappa shape index (κ2) is 7.87. The Morgan fingerprint density at radius 2 is 1.86 bits per heavy atom. The maximum atomic E-state index is 12.9. The van der Waals surface area contributed by atoms with Crippen molar-refractivity contribution in [3.8, 4) is 0 Å². The van der Waals surface area contributed by atoms with Crippen LogP contribution in [0, 0.1) is 34.5 Å². The van der Waals surface area contributed by atoms with Crippen molar-refractivity contribution < 1.29 is 43.1 Å². The Hall–Kier alpha value is -1.26. The molecule has 2 saturated carbocycles. The third-order valence-electron chi connectivity index (χ3n) is 10.3. The molecule has 5 aliphatic heterocycles. The molecule has 0 unspecified atom stereocenters. The molecule has 5 saturated heterocycles. The average molecular weight is 495 g/mol. The molecule has 0 radical (unpaired) electrons. The maximum absolute atomic E-state index is 12.9. The standard InChI is InChI=1S/C26H38O9/c1-12(2)21(29)35-23-26-17(10-16(33-23)20(28)25(26)11-31-25)24(5,13(3)8-19(26)32-14(4)27)18-9-15-6-7-30-22(15)34-18/h12-13,15-20,22-23,28H,6-11H2,1-5H3/t13-,15-,16-,17-,18+,19+,20-,22+,23-,24+,25-,26+/m1/s1. The summed E-state index contributed by atoms with van der Waals surface area (Å²) in [4.78, 5) is 25.2. The van der Waals surface area contributed by atoms with Gasteiger partial charge in [0.05, 0.1) is 31.3 Å². The van der Waals surface area contributed by atoms with Gasteiger partial charge in [-0.25, -0.2) is 0 Å². The van der Waals surface area contributed by atoms with E-state index in [1.54, 1.807) is 13.8 Å². The van der Waals surface area contributed by atoms with E-state index in [1.165, 1.54) is 6.92 Å². The van der Waals surface area contributed by atoms with Gasteiger partial charge < -0.3 is 33.5 Å². The van der Waals surface area contributed by atoms with Crippen molar-refractivity contribution in [1.29, 1.82) is 0 Å². The molecule has 7 fully saturated rings. The van der Waals surface area contributed by atoms with Gasteiger partial charge in [0.15, 0.2) is 6.29 Å². The largest absolute Gasteiger partial charge is 0.462 e. The van der Waals surface area contributed by atoms with Crippen LogP contribution in [-0.2, 0) is 38.0 Å². The normalized spacial score (nSPS) is 54.0. The molecule has 7 rings (SSSR count). The molecule has 5 heterocycles. The summed E-state index contributed by atoms with van der Waals surface area (Å²) < 4.78 is 36.9. The molecule has 9 nitrogen and oxygen atoms in total. The number of aliphatic hydroxyl groups excluding tert-OH is 1. The number of esters is 2. The minimum Gasteiger partial charge on any atom is -0.462 e. The van der Waals surface area contributed by atoms with E-state index in [0.29, 0.717) is 25.4 Å². The number of fused-ring (bicyclic) bond motifs is 2. The fraction of sp³-hybridized carbons (Fsp3) is 0.923. The van der Waals surface area contributed by atoms with Crippen LogP contribution in [0.5, 0.6) is 0 Å². The lowest BCUT2D eigenvalue weighted by molar-refractivity contribution is -0.397. The molecule has 0 aromatic carbocycles. The SMILES string of the molecule is CC(=O)O[C@H]1C[C@@H](C)[C@](C)([C@@H]2C[C@H]3CCO[C@H]3O2)[C@H]2C[C@H]3O[C@H](OC(=O)C(C)C)[C@@]12[C@@]1(CO1)[C@@H]3O. The van der Waals surface area contributed by atoms with Crippen molar-refractivity contribution in [3.63, 3.8) is 0 Å². The molecule has 0 aromatic rings. The number of hydrogen-bond acceptors (Lipinski definition) is 9. The average Bonchev–Trinajstić information content (AvgIpc) is 3.28. The monoisotopic (exact) mass is 494 g/mol. The lowest BCUT2D eigenvalue weighted by Crippen LogP contribution is -2.80. The topological polar surface area (TPSA) is 113 Å². The highest BCUT2D eigenvalue weighted by atomic mass is 16.7. The molecule has 9 heteroatoms. The van der Waals surface area contributed by atoms with Gasteiger partial charge in [-0.05, 0) is 37.5 Å². The number of ether oxygens (including phenoxy) is 6. The molecule has 2 spiro atoms. The van der Waals surface area contributed by atoms with Crippen LogP contribution in [0.15, 0.2) is 0 Å². The number of aliphatic hydroxyl groups is 1. The van der Waals surface area contributed by atoms with Crippen molar-refractivity contribution in [2.75, 3.05) is 13.2 Å². The van der Waals surface area contributed by atoms with Gasteiger partial charge in [0.25, 0.3) is 0 Å². The number of rotatable bonds is 4. The third kappa shape index (κ3) is 3.05. The van der Waals surface area contributed by atoms with Crippen LogP contribution in [0.4, 0.5) is 0 Å². The van der Waals surface area contributed by atoms with E-state index in [2.05, 4.69) is 13.8 Å². The zero-order valence-corrected chi connectivity index (χ0v) is 21.2. The van der Waals surface area contributed by atoms with Crippen LogP contribution in [0.25, 0.3) is 0 Å². The second-order valence-electron chi connectivity index (χ2n) is 12.2. The van der Waals surface area contributed by atoms with Gasteiger partial charge in [-0.15, -0.1) is 0 Å². The molecule has 0 amide bonds. The Kier molecular flexibility index (Phi) is 5.42.